The largest absolute Gasteiger partial charge is 0.482 e. The van der Waals surface area contributed by atoms with Gasteiger partial charge in [-0.3, -0.25) is 19.9 Å². The number of ether oxygens (including phenoxy) is 1. The first kappa shape index (κ1) is 15.3. The SMILES string of the molecule is O=C1COc2ccc(-c3csc(NC(=O)c4ccncc4)n3)cc2N1. The molecule has 3 heterocycles. The lowest BCUT2D eigenvalue weighted by Crippen LogP contribution is -2.25. The third kappa shape index (κ3) is 3.20. The zero-order chi connectivity index (χ0) is 17.2. The Kier molecular flexibility index (Phi) is 3.87. The van der Waals surface area contributed by atoms with Gasteiger partial charge in [-0.1, -0.05) is 0 Å². The summed E-state index contributed by atoms with van der Waals surface area (Å²) >= 11 is 1.33. The van der Waals surface area contributed by atoms with Crippen LogP contribution in [0.1, 0.15) is 10.4 Å². The highest BCUT2D eigenvalue weighted by Gasteiger charge is 2.17. The van der Waals surface area contributed by atoms with Gasteiger partial charge in [0.25, 0.3) is 11.8 Å². The number of carbonyl (C=O) groups is 2. The van der Waals surface area contributed by atoms with E-state index in [1.54, 1.807) is 36.7 Å². The van der Waals surface area contributed by atoms with E-state index in [-0.39, 0.29) is 18.4 Å². The first-order valence-corrected chi connectivity index (χ1v) is 8.31. The van der Waals surface area contributed by atoms with Crippen LogP contribution in [0.5, 0.6) is 5.75 Å². The van der Waals surface area contributed by atoms with Gasteiger partial charge in [-0.2, -0.15) is 0 Å². The molecule has 1 aliphatic heterocycles. The topological polar surface area (TPSA) is 93.2 Å². The molecule has 0 radical (unpaired) electrons. The molecule has 4 rings (SSSR count). The minimum Gasteiger partial charge on any atom is -0.482 e. The number of nitrogens with one attached hydrogen (secondary N) is 2. The number of anilines is 2. The van der Waals surface area contributed by atoms with Crippen LogP contribution in [0.25, 0.3) is 11.3 Å². The van der Waals surface area contributed by atoms with Crippen LogP contribution in [0.4, 0.5) is 10.8 Å². The maximum Gasteiger partial charge on any atom is 0.262 e. The maximum absolute atomic E-state index is 12.2. The van der Waals surface area contributed by atoms with Crippen molar-refractivity contribution in [2.75, 3.05) is 17.2 Å². The molecule has 124 valence electrons. The van der Waals surface area contributed by atoms with Crippen LogP contribution in [-0.2, 0) is 4.79 Å². The lowest BCUT2D eigenvalue weighted by atomic mass is 10.1. The predicted octanol–water partition coefficient (Wildman–Crippen LogP) is 2.79. The monoisotopic (exact) mass is 352 g/mol. The second-order valence-electron chi connectivity index (χ2n) is 5.28. The molecule has 25 heavy (non-hydrogen) atoms. The molecule has 1 aliphatic rings. The number of hydrogen-bond acceptors (Lipinski definition) is 6. The van der Waals surface area contributed by atoms with Gasteiger partial charge < -0.3 is 10.1 Å². The summed E-state index contributed by atoms with van der Waals surface area (Å²) in [6.45, 7) is 0.0221. The van der Waals surface area contributed by atoms with E-state index in [1.165, 1.54) is 11.3 Å². The van der Waals surface area contributed by atoms with E-state index >= 15 is 0 Å². The summed E-state index contributed by atoms with van der Waals surface area (Å²) in [5, 5.41) is 7.87. The molecule has 2 N–H and O–H groups in total. The van der Waals surface area contributed by atoms with E-state index in [4.69, 9.17) is 4.74 Å². The highest BCUT2D eigenvalue weighted by atomic mass is 32.1. The molecule has 2 amide bonds. The second kappa shape index (κ2) is 6.33. The van der Waals surface area contributed by atoms with E-state index < -0.39 is 0 Å². The Hall–Kier alpha value is -3.26. The van der Waals surface area contributed by atoms with Crippen LogP contribution >= 0.6 is 11.3 Å². The molecule has 0 saturated heterocycles. The van der Waals surface area contributed by atoms with Gasteiger partial charge in [0.1, 0.15) is 5.75 Å². The Bertz CT molecular complexity index is 956. The van der Waals surface area contributed by atoms with Crippen LogP contribution < -0.4 is 15.4 Å². The molecule has 1 aromatic carbocycles. The first-order chi connectivity index (χ1) is 12.2. The van der Waals surface area contributed by atoms with Gasteiger partial charge in [-0.15, -0.1) is 11.3 Å². The molecule has 8 heteroatoms. The summed E-state index contributed by atoms with van der Waals surface area (Å²) in [7, 11) is 0. The summed E-state index contributed by atoms with van der Waals surface area (Å²) in [5.41, 5.74) is 2.66. The summed E-state index contributed by atoms with van der Waals surface area (Å²) in [4.78, 5) is 31.9. The fourth-order valence-electron chi connectivity index (χ4n) is 2.38. The Morgan fingerprint density at radius 2 is 2.08 bits per heavy atom. The molecule has 0 aliphatic carbocycles. The highest BCUT2D eigenvalue weighted by Crippen LogP contribution is 2.33. The van der Waals surface area contributed by atoms with Gasteiger partial charge in [-0.05, 0) is 30.3 Å². The van der Waals surface area contributed by atoms with Crippen molar-refractivity contribution in [1.29, 1.82) is 0 Å². The van der Waals surface area contributed by atoms with Crippen LogP contribution in [-0.4, -0.2) is 28.4 Å². The third-order valence-electron chi connectivity index (χ3n) is 3.58. The van der Waals surface area contributed by atoms with Crippen molar-refractivity contribution in [2.45, 2.75) is 0 Å². The van der Waals surface area contributed by atoms with Gasteiger partial charge in [-0.25, -0.2) is 4.98 Å². The van der Waals surface area contributed by atoms with Gasteiger partial charge in [0.2, 0.25) is 0 Å². The summed E-state index contributed by atoms with van der Waals surface area (Å²) in [6, 6.07) is 8.72. The molecule has 0 fully saturated rings. The molecule has 2 aromatic heterocycles. The van der Waals surface area contributed by atoms with Gasteiger partial charge in [0, 0.05) is 28.9 Å². The van der Waals surface area contributed by atoms with Crippen LogP contribution in [0, 0.1) is 0 Å². The van der Waals surface area contributed by atoms with E-state index in [0.29, 0.717) is 27.8 Å². The molecule has 0 saturated carbocycles. The number of amides is 2. The van der Waals surface area contributed by atoms with Crippen molar-refractivity contribution < 1.29 is 14.3 Å². The standard InChI is InChI=1S/C17H12N4O3S/c22-15-8-24-14-2-1-11(7-12(14)19-15)13-9-25-17(20-13)21-16(23)10-3-5-18-6-4-10/h1-7,9H,8H2,(H,19,22)(H,20,21,23). The van der Waals surface area contributed by atoms with Crippen LogP contribution in [0.15, 0.2) is 48.1 Å². The number of rotatable bonds is 3. The summed E-state index contributed by atoms with van der Waals surface area (Å²) < 4.78 is 5.34. The summed E-state index contributed by atoms with van der Waals surface area (Å²) in [6.07, 6.45) is 3.12. The van der Waals surface area contributed by atoms with Gasteiger partial charge >= 0.3 is 0 Å². The molecule has 3 aromatic rings. The Labute approximate surface area is 146 Å². The van der Waals surface area contributed by atoms with E-state index in [2.05, 4.69) is 20.6 Å². The zero-order valence-electron chi connectivity index (χ0n) is 12.9. The third-order valence-corrected chi connectivity index (χ3v) is 4.33. The van der Waals surface area contributed by atoms with Crippen molar-refractivity contribution in [2.24, 2.45) is 0 Å². The number of aromatic nitrogens is 2. The van der Waals surface area contributed by atoms with E-state index in [0.717, 1.165) is 5.56 Å². The Morgan fingerprint density at radius 1 is 1.24 bits per heavy atom. The quantitative estimate of drug-likeness (QED) is 0.756. The average molecular weight is 352 g/mol. The maximum atomic E-state index is 12.2. The minimum atomic E-state index is -0.241. The van der Waals surface area contributed by atoms with Crippen LogP contribution in [0.2, 0.25) is 0 Å². The van der Waals surface area contributed by atoms with Crippen molar-refractivity contribution >= 4 is 34.0 Å². The van der Waals surface area contributed by atoms with Gasteiger partial charge in [0.15, 0.2) is 11.7 Å². The normalized spacial score (nSPS) is 12.7. The lowest BCUT2D eigenvalue weighted by Gasteiger charge is -2.18. The fraction of sp³-hybridized carbons (Fsp3) is 0.0588. The second-order valence-corrected chi connectivity index (χ2v) is 6.13. The number of nitrogens with zero attached hydrogens (tertiary/aromatic N) is 2. The lowest BCUT2D eigenvalue weighted by molar-refractivity contribution is -0.118. The predicted molar refractivity (Wildman–Crippen MR) is 93.9 cm³/mol. The van der Waals surface area contributed by atoms with Gasteiger partial charge in [0.05, 0.1) is 11.4 Å². The van der Waals surface area contributed by atoms with E-state index in [1.807, 2.05) is 11.4 Å². The van der Waals surface area contributed by atoms with Crippen molar-refractivity contribution in [3.05, 3.63) is 53.7 Å². The number of hydrogen-bond donors (Lipinski definition) is 2. The van der Waals surface area contributed by atoms with Crippen molar-refractivity contribution in [3.8, 4) is 17.0 Å². The highest BCUT2D eigenvalue weighted by molar-refractivity contribution is 7.14. The smallest absolute Gasteiger partial charge is 0.262 e. The number of benzene rings is 1. The molecule has 0 bridgehead atoms. The molecular formula is C17H12N4O3S. The zero-order valence-corrected chi connectivity index (χ0v) is 13.7. The molecule has 0 spiro atoms. The average Bonchev–Trinajstić information content (AvgIpc) is 3.10. The van der Waals surface area contributed by atoms with Crippen LogP contribution in [0.3, 0.4) is 0 Å². The minimum absolute atomic E-state index is 0.0221. The number of thiazole rings is 1. The number of carbonyl (C=O) groups excluding carboxylic acids is 2. The number of fused-ring (bicyclic) bond motifs is 1. The van der Waals surface area contributed by atoms with Crippen molar-refractivity contribution in [3.63, 3.8) is 0 Å². The molecule has 0 unspecified atom stereocenters. The Balaban J connectivity index is 1.54. The molecule has 7 nitrogen and oxygen atoms in total. The van der Waals surface area contributed by atoms with E-state index in [9.17, 15) is 9.59 Å². The molecular weight excluding hydrogens is 340 g/mol. The Morgan fingerprint density at radius 3 is 2.92 bits per heavy atom. The fourth-order valence-corrected chi connectivity index (χ4v) is 3.09. The first-order valence-electron chi connectivity index (χ1n) is 7.43. The molecule has 0 atom stereocenters. The number of pyridine rings is 1. The van der Waals surface area contributed by atoms with Crippen molar-refractivity contribution in [1.82, 2.24) is 9.97 Å². The summed E-state index contributed by atoms with van der Waals surface area (Å²) in [5.74, 6) is 0.201.